The van der Waals surface area contributed by atoms with Crippen LogP contribution in [0.1, 0.15) is 12.7 Å². The van der Waals surface area contributed by atoms with Gasteiger partial charge < -0.3 is 0 Å². The highest BCUT2D eigenvalue weighted by atomic mass is 16.1. The summed E-state index contributed by atoms with van der Waals surface area (Å²) in [4.78, 5) is 19.8. The van der Waals surface area contributed by atoms with E-state index in [0.717, 1.165) is 16.6 Å². The summed E-state index contributed by atoms with van der Waals surface area (Å²) in [6, 6.07) is 16.2. The van der Waals surface area contributed by atoms with Crippen molar-refractivity contribution in [2.75, 3.05) is 0 Å². The van der Waals surface area contributed by atoms with Gasteiger partial charge in [-0.1, -0.05) is 42.5 Å². The van der Waals surface area contributed by atoms with E-state index in [1.165, 1.54) is 5.39 Å². The first kappa shape index (κ1) is 12.5. The van der Waals surface area contributed by atoms with Crippen LogP contribution in [0.25, 0.3) is 22.0 Å². The molecule has 3 nitrogen and oxygen atoms in total. The number of fused-ring (bicyclic) bond motifs is 1. The van der Waals surface area contributed by atoms with Crippen LogP contribution < -0.4 is 0 Å². The molecule has 0 aliphatic rings. The van der Waals surface area contributed by atoms with Crippen molar-refractivity contribution >= 4 is 16.6 Å². The number of hydrogen-bond donors (Lipinski definition) is 0. The maximum absolute atomic E-state index is 11.2. The predicted octanol–water partition coefficient (Wildman–Crippen LogP) is 3.43. The highest BCUT2D eigenvalue weighted by molar-refractivity contribution is 5.95. The fraction of sp³-hybridized carbons (Fsp3) is 0.118. The molecule has 0 spiro atoms. The minimum Gasteiger partial charge on any atom is -0.300 e. The lowest BCUT2D eigenvalue weighted by molar-refractivity contribution is -0.116. The Morgan fingerprint density at radius 1 is 1.05 bits per heavy atom. The van der Waals surface area contributed by atoms with E-state index in [1.54, 1.807) is 13.1 Å². The molecule has 0 radical (unpaired) electrons. The minimum absolute atomic E-state index is 0.0695. The van der Waals surface area contributed by atoms with Gasteiger partial charge in [-0.2, -0.15) is 0 Å². The summed E-state index contributed by atoms with van der Waals surface area (Å²) in [6.45, 7) is 1.55. The molecule has 0 amide bonds. The normalized spacial score (nSPS) is 10.7. The van der Waals surface area contributed by atoms with Crippen LogP contribution in [0, 0.1) is 0 Å². The molecule has 1 aromatic heterocycles. The van der Waals surface area contributed by atoms with Gasteiger partial charge in [-0.05, 0) is 23.8 Å². The largest absolute Gasteiger partial charge is 0.300 e. The van der Waals surface area contributed by atoms with E-state index in [9.17, 15) is 4.79 Å². The summed E-state index contributed by atoms with van der Waals surface area (Å²) in [6.07, 6.45) is 1.99. The molecule has 0 unspecified atom stereocenters. The van der Waals surface area contributed by atoms with Gasteiger partial charge in [0, 0.05) is 11.8 Å². The van der Waals surface area contributed by atoms with Crippen LogP contribution in [0.4, 0.5) is 0 Å². The number of benzene rings is 2. The number of ketones is 1. The third-order valence-corrected chi connectivity index (χ3v) is 3.18. The molecule has 0 saturated heterocycles. The molecule has 0 aliphatic carbocycles. The van der Waals surface area contributed by atoms with Crippen molar-refractivity contribution in [3.05, 3.63) is 60.6 Å². The molecule has 0 saturated carbocycles. The summed E-state index contributed by atoms with van der Waals surface area (Å²) in [5.41, 5.74) is 1.92. The van der Waals surface area contributed by atoms with E-state index in [-0.39, 0.29) is 12.2 Å². The van der Waals surface area contributed by atoms with Crippen molar-refractivity contribution in [3.8, 4) is 11.3 Å². The van der Waals surface area contributed by atoms with Gasteiger partial charge in [-0.3, -0.25) is 4.79 Å². The number of carbonyl (C=O) groups excluding carboxylic acids is 1. The zero-order valence-electron chi connectivity index (χ0n) is 11.2. The van der Waals surface area contributed by atoms with Gasteiger partial charge in [0.2, 0.25) is 0 Å². The van der Waals surface area contributed by atoms with E-state index >= 15 is 0 Å². The molecule has 0 N–H and O–H groups in total. The van der Waals surface area contributed by atoms with Crippen LogP contribution in [0.15, 0.2) is 54.7 Å². The Kier molecular flexibility index (Phi) is 3.25. The monoisotopic (exact) mass is 262 g/mol. The molecule has 3 heteroatoms. The van der Waals surface area contributed by atoms with E-state index in [2.05, 4.69) is 28.2 Å². The van der Waals surface area contributed by atoms with Gasteiger partial charge in [0.15, 0.2) is 0 Å². The fourth-order valence-electron chi connectivity index (χ4n) is 2.31. The summed E-state index contributed by atoms with van der Waals surface area (Å²) in [7, 11) is 0. The molecule has 1 heterocycles. The standard InChI is InChI=1S/C17H14N2O/c1-12(20)11-17-18-10-9-16(19-17)15-8-4-6-13-5-2-3-7-14(13)15/h2-10H,11H2,1H3. The minimum atomic E-state index is 0.0695. The first-order chi connectivity index (χ1) is 9.74. The van der Waals surface area contributed by atoms with E-state index < -0.39 is 0 Å². The lowest BCUT2D eigenvalue weighted by atomic mass is 10.0. The number of aromatic nitrogens is 2. The maximum atomic E-state index is 11.2. The Bertz CT molecular complexity index is 775. The van der Waals surface area contributed by atoms with Crippen LogP contribution in [-0.4, -0.2) is 15.8 Å². The zero-order valence-corrected chi connectivity index (χ0v) is 11.2. The summed E-state index contributed by atoms with van der Waals surface area (Å²) >= 11 is 0. The Morgan fingerprint density at radius 3 is 2.70 bits per heavy atom. The number of carbonyl (C=O) groups is 1. The molecular formula is C17H14N2O. The highest BCUT2D eigenvalue weighted by Gasteiger charge is 2.07. The average Bonchev–Trinajstić information content (AvgIpc) is 2.46. The smallest absolute Gasteiger partial charge is 0.137 e. The van der Waals surface area contributed by atoms with Crippen molar-refractivity contribution in [1.29, 1.82) is 0 Å². The van der Waals surface area contributed by atoms with Crippen LogP contribution in [0.2, 0.25) is 0 Å². The van der Waals surface area contributed by atoms with Crippen LogP contribution >= 0.6 is 0 Å². The topological polar surface area (TPSA) is 42.9 Å². The molecule has 2 aromatic carbocycles. The molecule has 98 valence electrons. The Labute approximate surface area is 117 Å². The van der Waals surface area contributed by atoms with Crippen molar-refractivity contribution in [2.24, 2.45) is 0 Å². The van der Waals surface area contributed by atoms with Gasteiger partial charge in [0.25, 0.3) is 0 Å². The second-order valence-corrected chi connectivity index (χ2v) is 4.76. The third kappa shape index (κ3) is 2.43. The van der Waals surface area contributed by atoms with Crippen LogP contribution in [0.3, 0.4) is 0 Å². The second kappa shape index (κ2) is 5.21. The molecular weight excluding hydrogens is 248 g/mol. The second-order valence-electron chi connectivity index (χ2n) is 4.76. The fourth-order valence-corrected chi connectivity index (χ4v) is 2.31. The number of nitrogens with zero attached hydrogens (tertiary/aromatic N) is 2. The molecule has 3 rings (SSSR count). The van der Waals surface area contributed by atoms with Crippen LogP contribution in [0.5, 0.6) is 0 Å². The molecule has 0 fully saturated rings. The van der Waals surface area contributed by atoms with Gasteiger partial charge in [0.1, 0.15) is 11.6 Å². The summed E-state index contributed by atoms with van der Waals surface area (Å²) in [5, 5.41) is 2.33. The molecule has 3 aromatic rings. The molecule has 20 heavy (non-hydrogen) atoms. The molecule has 0 bridgehead atoms. The maximum Gasteiger partial charge on any atom is 0.137 e. The number of Topliss-reactive ketones (excluding diaryl/α,β-unsaturated/α-hetero) is 1. The van der Waals surface area contributed by atoms with Gasteiger partial charge in [-0.25, -0.2) is 9.97 Å². The Morgan fingerprint density at radius 2 is 1.85 bits per heavy atom. The van der Waals surface area contributed by atoms with Crippen molar-refractivity contribution < 1.29 is 4.79 Å². The lowest BCUT2D eigenvalue weighted by Gasteiger charge is -2.07. The van der Waals surface area contributed by atoms with E-state index in [4.69, 9.17) is 0 Å². The highest BCUT2D eigenvalue weighted by Crippen LogP contribution is 2.26. The van der Waals surface area contributed by atoms with E-state index in [1.807, 2.05) is 30.3 Å². The first-order valence-corrected chi connectivity index (χ1v) is 6.53. The molecule has 0 atom stereocenters. The van der Waals surface area contributed by atoms with Gasteiger partial charge >= 0.3 is 0 Å². The lowest BCUT2D eigenvalue weighted by Crippen LogP contribution is -2.02. The first-order valence-electron chi connectivity index (χ1n) is 6.53. The van der Waals surface area contributed by atoms with E-state index in [0.29, 0.717) is 5.82 Å². The van der Waals surface area contributed by atoms with Crippen molar-refractivity contribution in [2.45, 2.75) is 13.3 Å². The molecule has 0 aliphatic heterocycles. The average molecular weight is 262 g/mol. The summed E-state index contributed by atoms with van der Waals surface area (Å²) < 4.78 is 0. The van der Waals surface area contributed by atoms with Gasteiger partial charge in [-0.15, -0.1) is 0 Å². The SMILES string of the molecule is CC(=O)Cc1nccc(-c2cccc3ccccc23)n1. The predicted molar refractivity (Wildman–Crippen MR) is 79.4 cm³/mol. The zero-order chi connectivity index (χ0) is 13.9. The number of hydrogen-bond acceptors (Lipinski definition) is 3. The Balaban J connectivity index is 2.13. The Hall–Kier alpha value is -2.55. The quantitative estimate of drug-likeness (QED) is 0.726. The summed E-state index contributed by atoms with van der Waals surface area (Å²) in [5.74, 6) is 0.642. The van der Waals surface area contributed by atoms with Crippen LogP contribution in [-0.2, 0) is 11.2 Å². The van der Waals surface area contributed by atoms with Gasteiger partial charge in [0.05, 0.1) is 12.1 Å². The number of rotatable bonds is 3. The third-order valence-electron chi connectivity index (χ3n) is 3.18. The van der Waals surface area contributed by atoms with Crippen molar-refractivity contribution in [1.82, 2.24) is 9.97 Å². The van der Waals surface area contributed by atoms with Crippen molar-refractivity contribution in [3.63, 3.8) is 0 Å².